The Kier molecular flexibility index (Phi) is 7.20. The fraction of sp³-hybridized carbons (Fsp3) is 0.280. The van der Waals surface area contributed by atoms with Gasteiger partial charge in [0.1, 0.15) is 22.9 Å². The maximum absolute atomic E-state index is 14.7. The van der Waals surface area contributed by atoms with Gasteiger partial charge in [-0.3, -0.25) is 0 Å². The predicted molar refractivity (Wildman–Crippen MR) is 126 cm³/mol. The summed E-state index contributed by atoms with van der Waals surface area (Å²) in [6.45, 7) is 0. The normalized spacial score (nSPS) is 18.7. The van der Waals surface area contributed by atoms with Crippen molar-refractivity contribution in [2.24, 2.45) is 0 Å². The highest BCUT2D eigenvalue weighted by Crippen LogP contribution is 2.38. The van der Waals surface area contributed by atoms with Gasteiger partial charge in [-0.1, -0.05) is 24.3 Å². The van der Waals surface area contributed by atoms with Crippen molar-refractivity contribution >= 4 is 27.2 Å². The molecule has 1 saturated carbocycles. The van der Waals surface area contributed by atoms with Gasteiger partial charge in [-0.2, -0.15) is 21.4 Å². The van der Waals surface area contributed by atoms with Crippen LogP contribution < -0.4 is 10.0 Å². The smallest absolute Gasteiger partial charge is 0.429 e. The lowest BCUT2D eigenvalue weighted by atomic mass is 9.83. The number of alkyl halides is 2. The molecule has 0 amide bonds. The van der Waals surface area contributed by atoms with Crippen LogP contribution in [0.3, 0.4) is 0 Å². The minimum absolute atomic E-state index is 0.0836. The van der Waals surface area contributed by atoms with Crippen molar-refractivity contribution in [2.75, 3.05) is 0 Å². The van der Waals surface area contributed by atoms with E-state index in [-0.39, 0.29) is 10.9 Å². The van der Waals surface area contributed by atoms with Crippen molar-refractivity contribution in [2.45, 2.75) is 43.0 Å². The van der Waals surface area contributed by atoms with Gasteiger partial charge in [0, 0.05) is 16.6 Å². The fourth-order valence-corrected chi connectivity index (χ4v) is 4.82. The molecule has 0 heterocycles. The molecule has 3 aromatic carbocycles. The molecular formula is C25H21F6OPS. The van der Waals surface area contributed by atoms with Crippen molar-refractivity contribution in [3.63, 3.8) is 0 Å². The molecule has 1 unspecified atom stereocenters. The SMILES string of the molecule is Fc1cc(OC(F)(F)c2c(F)cc(-c3ccc(C4CCC(S)CC4)cc3)cc2F)cc(P)c1F. The first-order chi connectivity index (χ1) is 16.0. The standard InChI is InChI=1S/C25H21F6OPS/c26-19-9-16(15-3-1-13(2-4-15)14-5-7-18(34)8-6-14)10-20(27)23(19)25(30,31)32-17-11-21(28)24(29)22(33)12-17/h1-4,9-12,14,18,34H,5-8,33H2. The Bertz CT molecular complexity index is 1150. The molecule has 4 rings (SSSR count). The number of hydrogen-bond donors (Lipinski definition) is 1. The molecule has 0 aromatic heterocycles. The van der Waals surface area contributed by atoms with Gasteiger partial charge >= 0.3 is 6.11 Å². The largest absolute Gasteiger partial charge is 0.432 e. The van der Waals surface area contributed by atoms with E-state index in [1.807, 2.05) is 21.4 Å². The molecule has 1 aliphatic rings. The van der Waals surface area contributed by atoms with Crippen molar-refractivity contribution in [1.82, 2.24) is 0 Å². The molecule has 1 fully saturated rings. The van der Waals surface area contributed by atoms with E-state index in [1.54, 1.807) is 12.1 Å². The number of hydrogen-bond acceptors (Lipinski definition) is 2. The summed E-state index contributed by atoms with van der Waals surface area (Å²) in [6.07, 6.45) is -0.406. The highest BCUT2D eigenvalue weighted by molar-refractivity contribution is 7.80. The van der Waals surface area contributed by atoms with Crippen LogP contribution in [0.4, 0.5) is 26.3 Å². The van der Waals surface area contributed by atoms with E-state index in [1.165, 1.54) is 0 Å². The summed E-state index contributed by atoms with van der Waals surface area (Å²) in [5.74, 6) is -6.13. The quantitative estimate of drug-likeness (QED) is 0.211. The Balaban J connectivity index is 1.58. The Morgan fingerprint density at radius 1 is 0.794 bits per heavy atom. The first-order valence-electron chi connectivity index (χ1n) is 10.6. The lowest BCUT2D eigenvalue weighted by molar-refractivity contribution is -0.189. The van der Waals surface area contributed by atoms with Crippen molar-refractivity contribution in [1.29, 1.82) is 0 Å². The minimum atomic E-state index is -4.47. The van der Waals surface area contributed by atoms with E-state index in [2.05, 4.69) is 17.4 Å². The molecule has 0 spiro atoms. The summed E-state index contributed by atoms with van der Waals surface area (Å²) in [7, 11) is 1.82. The molecule has 3 aromatic rings. The van der Waals surface area contributed by atoms with Crippen molar-refractivity contribution < 1.29 is 31.1 Å². The number of ether oxygens (including phenoxy) is 1. The molecule has 1 atom stereocenters. The number of thiol groups is 1. The highest BCUT2D eigenvalue weighted by Gasteiger charge is 2.41. The zero-order valence-electron chi connectivity index (χ0n) is 17.8. The molecule has 9 heteroatoms. The number of benzene rings is 3. The summed E-state index contributed by atoms with van der Waals surface area (Å²) in [4.78, 5) is 0. The third-order valence-corrected chi connectivity index (χ3v) is 6.96. The van der Waals surface area contributed by atoms with Crippen LogP contribution in [0.25, 0.3) is 11.1 Å². The Morgan fingerprint density at radius 3 is 1.94 bits per heavy atom. The molecule has 0 radical (unpaired) electrons. The first-order valence-corrected chi connectivity index (χ1v) is 11.7. The van der Waals surface area contributed by atoms with Gasteiger partial charge in [-0.15, -0.1) is 9.24 Å². The van der Waals surface area contributed by atoms with Crippen molar-refractivity contribution in [3.05, 3.63) is 82.9 Å². The predicted octanol–water partition coefficient (Wildman–Crippen LogP) is 7.49. The molecule has 0 N–H and O–H groups in total. The third kappa shape index (κ3) is 5.23. The van der Waals surface area contributed by atoms with E-state index >= 15 is 0 Å². The number of halogens is 6. The molecule has 0 aliphatic heterocycles. The molecule has 1 aliphatic carbocycles. The van der Waals surface area contributed by atoms with Crippen LogP contribution in [0, 0.1) is 23.3 Å². The molecule has 0 bridgehead atoms. The molecule has 180 valence electrons. The second-order valence-electron chi connectivity index (χ2n) is 8.37. The maximum Gasteiger partial charge on any atom is 0.432 e. The second-order valence-corrected chi connectivity index (χ2v) is 9.72. The van der Waals surface area contributed by atoms with Gasteiger partial charge in [0.05, 0.1) is 0 Å². The summed E-state index contributed by atoms with van der Waals surface area (Å²) in [6, 6.07) is 9.91. The zero-order chi connectivity index (χ0) is 24.6. The van der Waals surface area contributed by atoms with Crippen molar-refractivity contribution in [3.8, 4) is 16.9 Å². The van der Waals surface area contributed by atoms with Gasteiger partial charge in [-0.25, -0.2) is 17.6 Å². The summed E-state index contributed by atoms with van der Waals surface area (Å²) in [5, 5.41) is 0.0382. The highest BCUT2D eigenvalue weighted by atomic mass is 32.1. The lowest BCUT2D eigenvalue weighted by Crippen LogP contribution is -2.26. The van der Waals surface area contributed by atoms with Crippen LogP contribution in [-0.4, -0.2) is 5.25 Å². The molecule has 1 nitrogen and oxygen atoms in total. The third-order valence-electron chi connectivity index (χ3n) is 6.02. The summed E-state index contributed by atoms with van der Waals surface area (Å²) < 4.78 is 89.9. The van der Waals surface area contributed by atoms with E-state index in [4.69, 9.17) is 0 Å². The van der Waals surface area contributed by atoms with Crippen LogP contribution in [0.15, 0.2) is 48.5 Å². The second kappa shape index (κ2) is 9.82. The maximum atomic E-state index is 14.7. The molecule has 34 heavy (non-hydrogen) atoms. The van der Waals surface area contributed by atoms with Crippen LogP contribution in [0.2, 0.25) is 0 Å². The zero-order valence-corrected chi connectivity index (χ0v) is 19.9. The van der Waals surface area contributed by atoms with E-state index in [0.717, 1.165) is 49.4 Å². The van der Waals surface area contributed by atoms with Gasteiger partial charge in [0.15, 0.2) is 11.6 Å². The summed E-state index contributed by atoms with van der Waals surface area (Å²) >= 11 is 4.50. The monoisotopic (exact) mass is 514 g/mol. The van der Waals surface area contributed by atoms with Gasteiger partial charge < -0.3 is 4.74 Å². The Morgan fingerprint density at radius 2 is 1.38 bits per heavy atom. The average Bonchev–Trinajstić information content (AvgIpc) is 2.77. The van der Waals surface area contributed by atoms with Crippen LogP contribution in [0.1, 0.15) is 42.7 Å². The van der Waals surface area contributed by atoms with Crippen LogP contribution >= 0.6 is 21.9 Å². The minimum Gasteiger partial charge on any atom is -0.429 e. The number of rotatable bonds is 5. The first kappa shape index (κ1) is 24.9. The summed E-state index contributed by atoms with van der Waals surface area (Å²) in [5.41, 5.74) is 0.0431. The van der Waals surface area contributed by atoms with Gasteiger partial charge in [0.25, 0.3) is 0 Å². The fourth-order valence-electron chi connectivity index (χ4n) is 4.22. The van der Waals surface area contributed by atoms with E-state index in [0.29, 0.717) is 22.8 Å². The van der Waals surface area contributed by atoms with E-state index < -0.39 is 40.7 Å². The topological polar surface area (TPSA) is 9.23 Å². The van der Waals surface area contributed by atoms with Gasteiger partial charge in [-0.05, 0) is 66.5 Å². The van der Waals surface area contributed by atoms with E-state index in [9.17, 15) is 26.3 Å². The Hall–Kier alpha value is -2.18. The van der Waals surface area contributed by atoms with Crippen LogP contribution in [-0.2, 0) is 6.11 Å². The molecular weight excluding hydrogens is 493 g/mol. The van der Waals surface area contributed by atoms with Crippen LogP contribution in [0.5, 0.6) is 5.75 Å². The van der Waals surface area contributed by atoms with Gasteiger partial charge in [0.2, 0.25) is 0 Å². The molecule has 0 saturated heterocycles. The average molecular weight is 514 g/mol. The lowest BCUT2D eigenvalue weighted by Gasteiger charge is -2.26. The Labute approximate surface area is 201 Å².